The molecule has 0 fully saturated rings. The number of nitrogens with zero attached hydrogens (tertiary/aromatic N) is 1. The summed E-state index contributed by atoms with van der Waals surface area (Å²) < 4.78 is 18.0. The number of Topliss-reactive ketones (excluding diaryl/α,β-unsaturated/α-hetero) is 2. The number of halogens is 1. The minimum absolute atomic E-state index is 0.130. The van der Waals surface area contributed by atoms with Gasteiger partial charge >= 0.3 is 0 Å². The van der Waals surface area contributed by atoms with Gasteiger partial charge in [-0.15, -0.1) is 0 Å². The van der Waals surface area contributed by atoms with E-state index in [1.807, 2.05) is 26.0 Å². The molecule has 6 nitrogen and oxygen atoms in total. The number of hydrogen-bond donors (Lipinski definition) is 0. The second kappa shape index (κ2) is 11.2. The van der Waals surface area contributed by atoms with E-state index in [-0.39, 0.29) is 22.4 Å². The highest BCUT2D eigenvalue weighted by Gasteiger charge is 2.49. The molecular weight excluding hydrogens is 546 g/mol. The molecule has 0 aromatic heterocycles. The van der Waals surface area contributed by atoms with Crippen molar-refractivity contribution in [2.75, 3.05) is 33.5 Å². The number of methoxy groups -OCH3 is 1. The molecule has 0 spiro atoms. The van der Waals surface area contributed by atoms with Crippen molar-refractivity contribution in [3.05, 3.63) is 44.7 Å². The maximum Gasteiger partial charge on any atom is 0.175 e. The third kappa shape index (κ3) is 5.60. The fraction of sp³-hybridized carbons (Fsp3) is 0.613. The smallest absolute Gasteiger partial charge is 0.175 e. The molecule has 1 aliphatic heterocycles. The Morgan fingerprint density at radius 1 is 0.895 bits per heavy atom. The zero-order valence-corrected chi connectivity index (χ0v) is 25.5. The van der Waals surface area contributed by atoms with Crippen LogP contribution in [0.25, 0.3) is 0 Å². The number of carbonyl (C=O) groups is 2. The van der Waals surface area contributed by atoms with Gasteiger partial charge in [0.15, 0.2) is 23.1 Å². The van der Waals surface area contributed by atoms with E-state index in [9.17, 15) is 9.59 Å². The Labute approximate surface area is 235 Å². The molecule has 0 unspecified atom stereocenters. The second-order valence-electron chi connectivity index (χ2n) is 12.2. The van der Waals surface area contributed by atoms with Crippen molar-refractivity contribution >= 4 is 27.5 Å². The first-order chi connectivity index (χ1) is 17.9. The van der Waals surface area contributed by atoms with Crippen molar-refractivity contribution in [2.24, 2.45) is 10.8 Å². The molecule has 3 aliphatic rings. The molecular formula is C31H42BrNO5. The van der Waals surface area contributed by atoms with E-state index in [0.29, 0.717) is 44.2 Å². The van der Waals surface area contributed by atoms with E-state index < -0.39 is 5.92 Å². The number of allylic oxidation sites excluding steroid dienone is 4. The zero-order valence-electron chi connectivity index (χ0n) is 24.0. The highest BCUT2D eigenvalue weighted by atomic mass is 79.9. The highest BCUT2D eigenvalue weighted by molar-refractivity contribution is 9.10. The fourth-order valence-corrected chi connectivity index (χ4v) is 6.89. The van der Waals surface area contributed by atoms with Gasteiger partial charge in [0.25, 0.3) is 0 Å². The maximum absolute atomic E-state index is 14.0. The molecule has 1 heterocycles. The molecule has 1 aromatic rings. The van der Waals surface area contributed by atoms with Gasteiger partial charge in [-0.3, -0.25) is 9.59 Å². The van der Waals surface area contributed by atoms with Crippen LogP contribution in [-0.2, 0) is 14.3 Å². The van der Waals surface area contributed by atoms with Crippen molar-refractivity contribution in [3.8, 4) is 11.5 Å². The number of ketones is 2. The van der Waals surface area contributed by atoms with Crippen LogP contribution in [0, 0.1) is 10.8 Å². The average molecular weight is 589 g/mol. The van der Waals surface area contributed by atoms with Crippen LogP contribution in [0.3, 0.4) is 0 Å². The van der Waals surface area contributed by atoms with Gasteiger partial charge in [-0.25, -0.2) is 0 Å². The summed E-state index contributed by atoms with van der Waals surface area (Å²) in [5.41, 5.74) is 4.27. The Kier molecular flexibility index (Phi) is 8.49. The van der Waals surface area contributed by atoms with Gasteiger partial charge in [-0.05, 0) is 77.6 Å². The summed E-state index contributed by atoms with van der Waals surface area (Å²) in [6, 6.07) is 3.98. The standard InChI is InChI=1S/C31H42BrNO5/c1-8-37-25-14-19(13-20(32)29(25)38-9-2)26-27-21(15-30(3,4)17-23(27)34)33(11-10-12-36-7)22-16-31(5,6)18-24(35)28(22)26/h13-14,26H,8-12,15-18H2,1-7H3. The lowest BCUT2D eigenvalue weighted by atomic mass is 9.63. The van der Waals surface area contributed by atoms with Crippen LogP contribution in [0.2, 0.25) is 0 Å². The predicted molar refractivity (Wildman–Crippen MR) is 153 cm³/mol. The van der Waals surface area contributed by atoms with Gasteiger partial charge in [0.05, 0.1) is 17.7 Å². The SMILES string of the molecule is CCOc1cc(C2C3=C(CC(C)(C)CC3=O)N(CCCOC)C3=C2C(=O)CC(C)(C)C3)cc(Br)c1OCC. The summed E-state index contributed by atoms with van der Waals surface area (Å²) >= 11 is 3.70. The van der Waals surface area contributed by atoms with Crippen LogP contribution in [-0.4, -0.2) is 49.9 Å². The topological polar surface area (TPSA) is 65.1 Å². The lowest BCUT2D eigenvalue weighted by Crippen LogP contribution is -2.44. The Morgan fingerprint density at radius 2 is 1.45 bits per heavy atom. The molecule has 0 bridgehead atoms. The van der Waals surface area contributed by atoms with Crippen LogP contribution >= 0.6 is 15.9 Å². The van der Waals surface area contributed by atoms with E-state index in [1.165, 1.54) is 0 Å². The second-order valence-corrected chi connectivity index (χ2v) is 13.1. The van der Waals surface area contributed by atoms with Crippen LogP contribution < -0.4 is 9.47 Å². The summed E-state index contributed by atoms with van der Waals surface area (Å²) in [5.74, 6) is 1.11. The molecule has 0 saturated carbocycles. The van der Waals surface area contributed by atoms with Gasteiger partial charge < -0.3 is 19.1 Å². The van der Waals surface area contributed by atoms with Crippen LogP contribution in [0.15, 0.2) is 39.1 Å². The summed E-state index contributed by atoms with van der Waals surface area (Å²) in [6.07, 6.45) is 3.33. The van der Waals surface area contributed by atoms with E-state index in [4.69, 9.17) is 14.2 Å². The van der Waals surface area contributed by atoms with Crippen LogP contribution in [0.4, 0.5) is 0 Å². The van der Waals surface area contributed by atoms with Crippen molar-refractivity contribution in [1.82, 2.24) is 4.90 Å². The fourth-order valence-electron chi connectivity index (χ4n) is 6.32. The summed E-state index contributed by atoms with van der Waals surface area (Å²) in [4.78, 5) is 30.2. The minimum atomic E-state index is -0.419. The number of ether oxygens (including phenoxy) is 3. The first-order valence-corrected chi connectivity index (χ1v) is 14.6. The van der Waals surface area contributed by atoms with Crippen molar-refractivity contribution < 1.29 is 23.8 Å². The lowest BCUT2D eigenvalue weighted by molar-refractivity contribution is -0.119. The largest absolute Gasteiger partial charge is 0.490 e. The minimum Gasteiger partial charge on any atom is -0.490 e. The molecule has 38 heavy (non-hydrogen) atoms. The number of rotatable bonds is 9. The Bertz CT molecular complexity index is 1120. The van der Waals surface area contributed by atoms with Crippen LogP contribution in [0.1, 0.15) is 85.1 Å². The Morgan fingerprint density at radius 3 is 1.95 bits per heavy atom. The van der Waals surface area contributed by atoms with Gasteiger partial charge in [-0.1, -0.05) is 27.7 Å². The van der Waals surface area contributed by atoms with Crippen molar-refractivity contribution in [2.45, 2.75) is 79.6 Å². The van der Waals surface area contributed by atoms with E-state index in [1.54, 1.807) is 7.11 Å². The molecule has 208 valence electrons. The van der Waals surface area contributed by atoms with Gasteiger partial charge in [0.1, 0.15) is 0 Å². The third-order valence-electron chi connectivity index (χ3n) is 7.71. The van der Waals surface area contributed by atoms with Gasteiger partial charge in [-0.2, -0.15) is 0 Å². The quantitative estimate of drug-likeness (QED) is 0.291. The number of benzene rings is 1. The van der Waals surface area contributed by atoms with Gasteiger partial charge in [0.2, 0.25) is 0 Å². The van der Waals surface area contributed by atoms with Crippen molar-refractivity contribution in [3.63, 3.8) is 0 Å². The molecule has 0 N–H and O–H groups in total. The third-order valence-corrected chi connectivity index (χ3v) is 8.29. The Hall–Kier alpha value is -2.12. The first-order valence-electron chi connectivity index (χ1n) is 13.8. The first kappa shape index (κ1) is 28.9. The maximum atomic E-state index is 14.0. The van der Waals surface area contributed by atoms with E-state index in [0.717, 1.165) is 58.4 Å². The predicted octanol–water partition coefficient (Wildman–Crippen LogP) is 6.97. The number of carbonyl (C=O) groups excluding carboxylic acids is 2. The number of hydrogen-bond acceptors (Lipinski definition) is 6. The summed E-state index contributed by atoms with van der Waals surface area (Å²) in [5, 5.41) is 0. The molecule has 2 aliphatic carbocycles. The normalized spacial score (nSPS) is 21.0. The molecule has 7 heteroatoms. The molecule has 0 atom stereocenters. The average Bonchev–Trinajstić information content (AvgIpc) is 2.80. The summed E-state index contributed by atoms with van der Waals surface area (Å²) in [7, 11) is 1.71. The van der Waals surface area contributed by atoms with E-state index >= 15 is 0 Å². The van der Waals surface area contributed by atoms with E-state index in [2.05, 4.69) is 48.5 Å². The van der Waals surface area contributed by atoms with Crippen molar-refractivity contribution in [1.29, 1.82) is 0 Å². The molecule has 4 rings (SSSR count). The molecule has 0 radical (unpaired) electrons. The molecule has 0 saturated heterocycles. The molecule has 1 aromatic carbocycles. The highest BCUT2D eigenvalue weighted by Crippen LogP contribution is 2.55. The molecule has 0 amide bonds. The van der Waals surface area contributed by atoms with Gasteiger partial charge in [0, 0.05) is 61.6 Å². The lowest BCUT2D eigenvalue weighted by Gasteiger charge is -2.49. The Balaban J connectivity index is 1.98. The zero-order chi connectivity index (χ0) is 27.8. The van der Waals surface area contributed by atoms with Crippen LogP contribution in [0.5, 0.6) is 11.5 Å². The summed E-state index contributed by atoms with van der Waals surface area (Å²) in [6.45, 7) is 14.9. The monoisotopic (exact) mass is 587 g/mol.